The van der Waals surface area contributed by atoms with E-state index in [2.05, 4.69) is 10.3 Å². The summed E-state index contributed by atoms with van der Waals surface area (Å²) in [6, 6.07) is 9.60. The Morgan fingerprint density at radius 3 is 2.53 bits per heavy atom. The van der Waals surface area contributed by atoms with Crippen molar-refractivity contribution in [3.8, 4) is 0 Å². The van der Waals surface area contributed by atoms with Crippen LogP contribution < -0.4 is 5.48 Å². The van der Waals surface area contributed by atoms with Gasteiger partial charge in [0, 0.05) is 6.42 Å². The Morgan fingerprint density at radius 1 is 1.21 bits per heavy atom. The zero-order valence-corrected chi connectivity index (χ0v) is 11.2. The second-order valence-corrected chi connectivity index (χ2v) is 4.57. The molecule has 19 heavy (non-hydrogen) atoms. The van der Waals surface area contributed by atoms with Crippen molar-refractivity contribution in [1.82, 2.24) is 5.48 Å². The van der Waals surface area contributed by atoms with Crippen LogP contribution in [0.15, 0.2) is 30.3 Å². The van der Waals surface area contributed by atoms with Crippen molar-refractivity contribution in [3.63, 3.8) is 0 Å². The molecule has 1 N–H and O–H groups in total. The van der Waals surface area contributed by atoms with Gasteiger partial charge in [0.2, 0.25) is 0 Å². The monoisotopic (exact) mass is 265 g/mol. The van der Waals surface area contributed by atoms with E-state index < -0.39 is 6.16 Å². The molecule has 0 saturated heterocycles. The average Bonchev–Trinajstić information content (AvgIpc) is 2.41. The van der Waals surface area contributed by atoms with Gasteiger partial charge in [0.05, 0.1) is 6.61 Å². The lowest BCUT2D eigenvalue weighted by atomic mass is 10.1. The van der Waals surface area contributed by atoms with Crippen LogP contribution in [0, 0.1) is 5.92 Å². The van der Waals surface area contributed by atoms with Crippen molar-refractivity contribution < 1.29 is 19.2 Å². The van der Waals surface area contributed by atoms with Crippen LogP contribution in [-0.2, 0) is 20.8 Å². The molecule has 0 atom stereocenters. The second kappa shape index (κ2) is 8.13. The lowest BCUT2D eigenvalue weighted by Gasteiger charge is -2.08. The number of benzene rings is 1. The van der Waals surface area contributed by atoms with E-state index in [0.717, 1.165) is 5.56 Å². The highest BCUT2D eigenvalue weighted by Gasteiger charge is 2.08. The molecular weight excluding hydrogens is 246 g/mol. The summed E-state index contributed by atoms with van der Waals surface area (Å²) < 4.78 is 4.74. The first-order valence-corrected chi connectivity index (χ1v) is 6.24. The highest BCUT2D eigenvalue weighted by Crippen LogP contribution is 2.02. The van der Waals surface area contributed by atoms with Crippen molar-refractivity contribution >= 4 is 12.1 Å². The Hall–Kier alpha value is -2.04. The minimum Gasteiger partial charge on any atom is -0.432 e. The predicted octanol–water partition coefficient (Wildman–Crippen LogP) is 2.46. The number of nitrogens with one attached hydrogen (secondary N) is 1. The fraction of sp³-hybridized carbons (Fsp3) is 0.429. The maximum absolute atomic E-state index is 11.4. The van der Waals surface area contributed by atoms with Crippen LogP contribution in [0.5, 0.6) is 0 Å². The zero-order valence-electron chi connectivity index (χ0n) is 11.2. The van der Waals surface area contributed by atoms with Gasteiger partial charge in [0.25, 0.3) is 5.91 Å². The van der Waals surface area contributed by atoms with Crippen molar-refractivity contribution in [1.29, 1.82) is 0 Å². The van der Waals surface area contributed by atoms with Crippen molar-refractivity contribution in [2.75, 3.05) is 6.61 Å². The van der Waals surface area contributed by atoms with Crippen LogP contribution in [0.25, 0.3) is 0 Å². The molecule has 0 aliphatic rings. The van der Waals surface area contributed by atoms with Gasteiger partial charge in [-0.25, -0.2) is 4.79 Å². The van der Waals surface area contributed by atoms with Crippen LogP contribution in [-0.4, -0.2) is 18.7 Å². The lowest BCUT2D eigenvalue weighted by molar-refractivity contribution is -0.131. The molecule has 5 heteroatoms. The smallest absolute Gasteiger partial charge is 0.432 e. The number of rotatable bonds is 5. The first-order valence-electron chi connectivity index (χ1n) is 6.24. The van der Waals surface area contributed by atoms with Crippen LogP contribution in [0.1, 0.15) is 25.8 Å². The van der Waals surface area contributed by atoms with Crippen molar-refractivity contribution in [2.45, 2.75) is 26.7 Å². The molecule has 0 unspecified atom stereocenters. The molecule has 0 aromatic heterocycles. The Labute approximate surface area is 112 Å². The summed E-state index contributed by atoms with van der Waals surface area (Å²) in [7, 11) is 0. The third kappa shape index (κ3) is 7.08. The Bertz CT molecular complexity index is 403. The average molecular weight is 265 g/mol. The third-order valence-electron chi connectivity index (χ3n) is 2.27. The quantitative estimate of drug-likeness (QED) is 0.656. The molecule has 0 bridgehead atoms. The van der Waals surface area contributed by atoms with E-state index in [4.69, 9.17) is 4.74 Å². The van der Waals surface area contributed by atoms with Gasteiger partial charge in [-0.2, -0.15) is 5.48 Å². The van der Waals surface area contributed by atoms with Gasteiger partial charge in [-0.15, -0.1) is 0 Å². The largest absolute Gasteiger partial charge is 0.533 e. The van der Waals surface area contributed by atoms with Gasteiger partial charge in [0.15, 0.2) is 0 Å². The Balaban J connectivity index is 2.16. The maximum Gasteiger partial charge on any atom is 0.533 e. The van der Waals surface area contributed by atoms with Crippen LogP contribution >= 0.6 is 0 Å². The third-order valence-corrected chi connectivity index (χ3v) is 2.27. The number of ether oxygens (including phenoxy) is 1. The van der Waals surface area contributed by atoms with Gasteiger partial charge < -0.3 is 9.57 Å². The van der Waals surface area contributed by atoms with E-state index in [-0.39, 0.29) is 24.9 Å². The molecule has 0 aliphatic carbocycles. The number of aryl methyl sites for hydroxylation is 1. The molecule has 1 aromatic carbocycles. The molecule has 0 aliphatic heterocycles. The van der Waals surface area contributed by atoms with Crippen molar-refractivity contribution in [2.24, 2.45) is 5.92 Å². The molecular formula is C14H19NO4. The second-order valence-electron chi connectivity index (χ2n) is 4.57. The molecule has 0 fully saturated rings. The van der Waals surface area contributed by atoms with E-state index in [1.165, 1.54) is 0 Å². The molecule has 1 rings (SSSR count). The fourth-order valence-electron chi connectivity index (χ4n) is 1.32. The fourth-order valence-corrected chi connectivity index (χ4v) is 1.32. The maximum atomic E-state index is 11.4. The van der Waals surface area contributed by atoms with Crippen LogP contribution in [0.3, 0.4) is 0 Å². The molecule has 0 radical (unpaired) electrons. The standard InChI is InChI=1S/C14H19NO4/c1-11(2)10-18-14(17)19-15-13(16)9-8-12-6-4-3-5-7-12/h3-7,11H,8-10H2,1-2H3,(H,15,16). The summed E-state index contributed by atoms with van der Waals surface area (Å²) in [6.45, 7) is 4.08. The first kappa shape index (κ1) is 15.0. The minimum atomic E-state index is -0.887. The van der Waals surface area contributed by atoms with Gasteiger partial charge in [-0.3, -0.25) is 4.79 Å². The van der Waals surface area contributed by atoms with E-state index >= 15 is 0 Å². The normalized spacial score (nSPS) is 10.1. The van der Waals surface area contributed by atoms with Crippen molar-refractivity contribution in [3.05, 3.63) is 35.9 Å². The SMILES string of the molecule is CC(C)COC(=O)ONC(=O)CCc1ccccc1. The summed E-state index contributed by atoms with van der Waals surface area (Å²) in [5.74, 6) is -0.133. The number of hydrogen-bond acceptors (Lipinski definition) is 4. The molecule has 1 amide bonds. The Kier molecular flexibility index (Phi) is 6.43. The predicted molar refractivity (Wildman–Crippen MR) is 70.2 cm³/mol. The van der Waals surface area contributed by atoms with Gasteiger partial charge in [-0.05, 0) is 17.9 Å². The molecule has 104 valence electrons. The first-order chi connectivity index (χ1) is 9.08. The van der Waals surface area contributed by atoms with Crippen LogP contribution in [0.2, 0.25) is 0 Å². The summed E-state index contributed by atoms with van der Waals surface area (Å²) >= 11 is 0. The molecule has 0 heterocycles. The van der Waals surface area contributed by atoms with E-state index in [1.54, 1.807) is 0 Å². The summed E-state index contributed by atoms with van der Waals surface area (Å²) in [4.78, 5) is 27.0. The highest BCUT2D eigenvalue weighted by atomic mass is 16.8. The zero-order chi connectivity index (χ0) is 14.1. The number of carbonyl (C=O) groups is 2. The molecule has 0 saturated carbocycles. The number of hydroxylamine groups is 1. The molecule has 0 spiro atoms. The Morgan fingerprint density at radius 2 is 1.89 bits per heavy atom. The number of carbonyl (C=O) groups excluding carboxylic acids is 2. The molecule has 1 aromatic rings. The minimum absolute atomic E-state index is 0.223. The topological polar surface area (TPSA) is 64.6 Å². The summed E-state index contributed by atoms with van der Waals surface area (Å²) in [6.07, 6.45) is -0.0415. The van der Waals surface area contributed by atoms with Crippen LogP contribution in [0.4, 0.5) is 4.79 Å². The lowest BCUT2D eigenvalue weighted by Crippen LogP contribution is -2.28. The highest BCUT2D eigenvalue weighted by molar-refractivity contribution is 5.76. The van der Waals surface area contributed by atoms with E-state index in [0.29, 0.717) is 6.42 Å². The number of hydrogen-bond donors (Lipinski definition) is 1. The van der Waals surface area contributed by atoms with Gasteiger partial charge in [0.1, 0.15) is 0 Å². The summed E-state index contributed by atoms with van der Waals surface area (Å²) in [5.41, 5.74) is 3.12. The van der Waals surface area contributed by atoms with Gasteiger partial charge in [-0.1, -0.05) is 44.2 Å². The number of amides is 1. The summed E-state index contributed by atoms with van der Waals surface area (Å²) in [5, 5.41) is 0. The van der Waals surface area contributed by atoms with E-state index in [9.17, 15) is 9.59 Å². The molecule has 5 nitrogen and oxygen atoms in total. The van der Waals surface area contributed by atoms with E-state index in [1.807, 2.05) is 44.2 Å². The van der Waals surface area contributed by atoms with Gasteiger partial charge >= 0.3 is 6.16 Å².